The van der Waals surface area contributed by atoms with Crippen LogP contribution in [0.3, 0.4) is 0 Å². The summed E-state index contributed by atoms with van der Waals surface area (Å²) in [5.41, 5.74) is 1.77. The van der Waals surface area contributed by atoms with Crippen molar-refractivity contribution in [3.8, 4) is 0 Å². The highest BCUT2D eigenvalue weighted by atomic mass is 16.2. The van der Waals surface area contributed by atoms with Crippen LogP contribution in [0, 0.1) is 0 Å². The number of carbonyl (C=O) groups excluding carboxylic acids is 2. The molecule has 3 heterocycles. The van der Waals surface area contributed by atoms with Crippen molar-refractivity contribution in [2.75, 3.05) is 31.5 Å². The maximum atomic E-state index is 13.4. The standard InChI is InChI=1S/C20H27N3O2/c24-19-13-17(16-8-1-2-9-18(16)21-19)20(25)23-12-4-3-7-15(23)14-22-10-5-6-11-22/h1-2,8-9,15,17H,3-7,10-14H2,(H,21,24). The molecule has 2 atom stereocenters. The Morgan fingerprint density at radius 1 is 1.08 bits per heavy atom. The summed E-state index contributed by atoms with van der Waals surface area (Å²) in [5, 5.41) is 2.90. The van der Waals surface area contributed by atoms with Crippen LogP contribution < -0.4 is 5.32 Å². The Bertz CT molecular complexity index is 654. The maximum absolute atomic E-state index is 13.4. The van der Waals surface area contributed by atoms with Crippen LogP contribution in [0.25, 0.3) is 0 Å². The highest BCUT2D eigenvalue weighted by Gasteiger charge is 2.37. The first-order valence-corrected chi connectivity index (χ1v) is 9.64. The van der Waals surface area contributed by atoms with Crippen molar-refractivity contribution in [2.24, 2.45) is 0 Å². The van der Waals surface area contributed by atoms with Gasteiger partial charge in [-0.25, -0.2) is 0 Å². The van der Waals surface area contributed by atoms with Crippen molar-refractivity contribution in [1.82, 2.24) is 9.80 Å². The molecule has 4 rings (SSSR count). The van der Waals surface area contributed by atoms with E-state index in [0.29, 0.717) is 6.04 Å². The lowest BCUT2D eigenvalue weighted by molar-refractivity contribution is -0.138. The van der Waals surface area contributed by atoms with E-state index < -0.39 is 0 Å². The fourth-order valence-corrected chi connectivity index (χ4v) is 4.58. The van der Waals surface area contributed by atoms with E-state index in [-0.39, 0.29) is 24.2 Å². The molecule has 5 heteroatoms. The lowest BCUT2D eigenvalue weighted by atomic mass is 9.88. The maximum Gasteiger partial charge on any atom is 0.231 e. The van der Waals surface area contributed by atoms with E-state index >= 15 is 0 Å². The van der Waals surface area contributed by atoms with Crippen LogP contribution in [0.15, 0.2) is 24.3 Å². The zero-order valence-electron chi connectivity index (χ0n) is 14.7. The van der Waals surface area contributed by atoms with Crippen LogP contribution in [-0.2, 0) is 9.59 Å². The van der Waals surface area contributed by atoms with E-state index in [1.54, 1.807) is 0 Å². The molecule has 0 spiro atoms. The lowest BCUT2D eigenvalue weighted by Gasteiger charge is -2.40. The van der Waals surface area contributed by atoms with Crippen LogP contribution in [0.4, 0.5) is 5.69 Å². The third-order valence-electron chi connectivity index (χ3n) is 5.88. The van der Waals surface area contributed by atoms with Crippen molar-refractivity contribution in [3.05, 3.63) is 29.8 Å². The first kappa shape index (κ1) is 16.6. The summed E-state index contributed by atoms with van der Waals surface area (Å²) < 4.78 is 0. The molecule has 1 N–H and O–H groups in total. The Balaban J connectivity index is 1.54. The predicted octanol–water partition coefficient (Wildman–Crippen LogP) is 2.59. The van der Waals surface area contributed by atoms with Crippen molar-refractivity contribution in [1.29, 1.82) is 0 Å². The number of nitrogens with zero attached hydrogens (tertiary/aromatic N) is 2. The SMILES string of the molecule is O=C1CC(C(=O)N2CCCCC2CN2CCCC2)c2ccccc2N1. The number of likely N-dealkylation sites (tertiary alicyclic amines) is 2. The zero-order chi connectivity index (χ0) is 17.2. The molecule has 0 aromatic heterocycles. The number of para-hydroxylation sites is 1. The molecule has 2 fully saturated rings. The quantitative estimate of drug-likeness (QED) is 0.919. The molecule has 25 heavy (non-hydrogen) atoms. The van der Waals surface area contributed by atoms with Gasteiger partial charge in [-0.3, -0.25) is 9.59 Å². The smallest absolute Gasteiger partial charge is 0.231 e. The molecule has 0 bridgehead atoms. The summed E-state index contributed by atoms with van der Waals surface area (Å²) in [5.74, 6) is -0.236. The Labute approximate surface area is 149 Å². The number of rotatable bonds is 3. The van der Waals surface area contributed by atoms with Gasteiger partial charge in [0.15, 0.2) is 0 Å². The summed E-state index contributed by atoms with van der Waals surface area (Å²) in [6.07, 6.45) is 6.17. The molecule has 0 radical (unpaired) electrons. The van der Waals surface area contributed by atoms with Gasteiger partial charge < -0.3 is 15.1 Å². The Hall–Kier alpha value is -1.88. The minimum absolute atomic E-state index is 0.0508. The third-order valence-corrected chi connectivity index (χ3v) is 5.88. The summed E-state index contributed by atoms with van der Waals surface area (Å²) in [7, 11) is 0. The number of benzene rings is 1. The van der Waals surface area contributed by atoms with Crippen molar-refractivity contribution >= 4 is 17.5 Å². The van der Waals surface area contributed by atoms with Gasteiger partial charge in [0.05, 0.1) is 5.92 Å². The van der Waals surface area contributed by atoms with Gasteiger partial charge in [0.1, 0.15) is 0 Å². The second-order valence-electron chi connectivity index (χ2n) is 7.58. The van der Waals surface area contributed by atoms with Gasteiger partial charge in [-0.05, 0) is 56.8 Å². The average Bonchev–Trinajstić information content (AvgIpc) is 3.14. The monoisotopic (exact) mass is 341 g/mol. The van der Waals surface area contributed by atoms with Crippen molar-refractivity contribution in [2.45, 2.75) is 50.5 Å². The number of nitrogens with one attached hydrogen (secondary N) is 1. The summed E-state index contributed by atoms with van der Waals surface area (Å²) in [6, 6.07) is 8.04. The highest BCUT2D eigenvalue weighted by Crippen LogP contribution is 2.35. The van der Waals surface area contributed by atoms with Crippen LogP contribution in [-0.4, -0.2) is 53.8 Å². The second kappa shape index (κ2) is 7.16. The van der Waals surface area contributed by atoms with E-state index in [9.17, 15) is 9.59 Å². The number of hydrogen-bond acceptors (Lipinski definition) is 3. The molecule has 134 valence electrons. The first-order valence-electron chi connectivity index (χ1n) is 9.64. The van der Waals surface area contributed by atoms with Gasteiger partial charge >= 0.3 is 0 Å². The average molecular weight is 341 g/mol. The summed E-state index contributed by atoms with van der Waals surface area (Å²) in [4.78, 5) is 30.0. The number of piperidine rings is 1. The third kappa shape index (κ3) is 3.43. The lowest BCUT2D eigenvalue weighted by Crippen LogP contribution is -2.51. The van der Waals surface area contributed by atoms with E-state index in [1.807, 2.05) is 24.3 Å². The van der Waals surface area contributed by atoms with Crippen LogP contribution in [0.2, 0.25) is 0 Å². The Morgan fingerprint density at radius 2 is 1.84 bits per heavy atom. The van der Waals surface area contributed by atoms with E-state index in [0.717, 1.165) is 50.3 Å². The minimum Gasteiger partial charge on any atom is -0.338 e. The second-order valence-corrected chi connectivity index (χ2v) is 7.58. The summed E-state index contributed by atoms with van der Waals surface area (Å²) >= 11 is 0. The van der Waals surface area contributed by atoms with E-state index in [1.165, 1.54) is 19.3 Å². The van der Waals surface area contributed by atoms with Gasteiger partial charge in [0.2, 0.25) is 11.8 Å². The van der Waals surface area contributed by atoms with Crippen molar-refractivity contribution in [3.63, 3.8) is 0 Å². The largest absolute Gasteiger partial charge is 0.338 e. The molecule has 0 saturated carbocycles. The molecular weight excluding hydrogens is 314 g/mol. The Morgan fingerprint density at radius 3 is 2.68 bits per heavy atom. The van der Waals surface area contributed by atoms with Crippen LogP contribution in [0.1, 0.15) is 50.0 Å². The molecular formula is C20H27N3O2. The fourth-order valence-electron chi connectivity index (χ4n) is 4.58. The number of fused-ring (bicyclic) bond motifs is 1. The molecule has 5 nitrogen and oxygen atoms in total. The predicted molar refractivity (Wildman–Crippen MR) is 97.5 cm³/mol. The van der Waals surface area contributed by atoms with Gasteiger partial charge in [0, 0.05) is 31.2 Å². The number of carbonyl (C=O) groups is 2. The molecule has 2 amide bonds. The molecule has 2 unspecified atom stereocenters. The molecule has 1 aromatic carbocycles. The first-order chi connectivity index (χ1) is 12.2. The molecule has 1 aromatic rings. The van der Waals surface area contributed by atoms with Gasteiger partial charge in [-0.15, -0.1) is 0 Å². The highest BCUT2D eigenvalue weighted by molar-refractivity contribution is 6.01. The number of hydrogen-bond donors (Lipinski definition) is 1. The molecule has 2 saturated heterocycles. The van der Waals surface area contributed by atoms with E-state index in [4.69, 9.17) is 0 Å². The molecule has 3 aliphatic heterocycles. The van der Waals surface area contributed by atoms with Crippen molar-refractivity contribution < 1.29 is 9.59 Å². The fraction of sp³-hybridized carbons (Fsp3) is 0.600. The van der Waals surface area contributed by atoms with Crippen LogP contribution >= 0.6 is 0 Å². The van der Waals surface area contributed by atoms with Crippen LogP contribution in [0.5, 0.6) is 0 Å². The topological polar surface area (TPSA) is 52.7 Å². The zero-order valence-corrected chi connectivity index (χ0v) is 14.7. The van der Waals surface area contributed by atoms with E-state index in [2.05, 4.69) is 15.1 Å². The normalized spacial score (nSPS) is 27.0. The Kier molecular flexibility index (Phi) is 4.75. The minimum atomic E-state index is -0.330. The molecule has 0 aliphatic carbocycles. The molecule has 3 aliphatic rings. The number of anilines is 1. The number of amides is 2. The van der Waals surface area contributed by atoms with Gasteiger partial charge in [-0.2, -0.15) is 0 Å². The van der Waals surface area contributed by atoms with Gasteiger partial charge in [0.25, 0.3) is 0 Å². The van der Waals surface area contributed by atoms with Gasteiger partial charge in [-0.1, -0.05) is 18.2 Å². The summed E-state index contributed by atoms with van der Waals surface area (Å²) in [6.45, 7) is 4.14.